The van der Waals surface area contributed by atoms with Gasteiger partial charge in [-0.05, 0) is 12.0 Å². The molecule has 1 fully saturated rings. The van der Waals surface area contributed by atoms with Crippen LogP contribution in [-0.4, -0.2) is 35.5 Å². The molecule has 4 nitrogen and oxygen atoms in total. The number of H-pyrrole nitrogens is 1. The second-order valence-electron chi connectivity index (χ2n) is 3.75. The zero-order chi connectivity index (χ0) is 8.67. The average Bonchev–Trinajstić information content (AvgIpc) is 2.61. The Morgan fingerprint density at radius 2 is 2.46 bits per heavy atom. The first-order valence-electron chi connectivity index (χ1n) is 4.79. The Bertz CT molecular complexity index is 281. The van der Waals surface area contributed by atoms with E-state index in [1.165, 1.54) is 11.3 Å². The highest BCUT2D eigenvalue weighted by molar-refractivity contribution is 5.23. The Kier molecular flexibility index (Phi) is 1.63. The van der Waals surface area contributed by atoms with Gasteiger partial charge >= 0.3 is 0 Å². The lowest BCUT2D eigenvalue weighted by atomic mass is 9.90. The maximum Gasteiger partial charge on any atom is 0.0787 e. The summed E-state index contributed by atoms with van der Waals surface area (Å²) in [6.07, 6.45) is 4.31. The predicted molar refractivity (Wildman–Crippen MR) is 47.5 cm³/mol. The number of rotatable bonds is 0. The summed E-state index contributed by atoms with van der Waals surface area (Å²) in [7, 11) is 0. The van der Waals surface area contributed by atoms with Gasteiger partial charge in [-0.2, -0.15) is 5.10 Å². The molecule has 0 amide bonds. The van der Waals surface area contributed by atoms with Crippen molar-refractivity contribution < 1.29 is 4.74 Å². The molecule has 0 aromatic carbocycles. The van der Waals surface area contributed by atoms with E-state index in [1.54, 1.807) is 0 Å². The molecule has 13 heavy (non-hydrogen) atoms. The molecule has 4 heteroatoms. The topological polar surface area (TPSA) is 49.9 Å². The number of fused-ring (bicyclic) bond motifs is 2. The summed E-state index contributed by atoms with van der Waals surface area (Å²) < 4.78 is 5.70. The summed E-state index contributed by atoms with van der Waals surface area (Å²) in [4.78, 5) is 0. The number of morpholine rings is 1. The first-order chi connectivity index (χ1) is 6.43. The van der Waals surface area contributed by atoms with Crippen molar-refractivity contribution in [1.82, 2.24) is 15.5 Å². The van der Waals surface area contributed by atoms with Crippen molar-refractivity contribution >= 4 is 0 Å². The summed E-state index contributed by atoms with van der Waals surface area (Å²) in [5, 5.41) is 10.6. The van der Waals surface area contributed by atoms with Crippen molar-refractivity contribution in [2.45, 2.75) is 25.0 Å². The van der Waals surface area contributed by atoms with Gasteiger partial charge in [0.15, 0.2) is 0 Å². The van der Waals surface area contributed by atoms with E-state index in [1.807, 2.05) is 6.20 Å². The van der Waals surface area contributed by atoms with E-state index in [0.29, 0.717) is 12.1 Å². The highest BCUT2D eigenvalue weighted by Gasteiger charge is 2.31. The van der Waals surface area contributed by atoms with Crippen LogP contribution < -0.4 is 5.32 Å². The molecule has 1 aliphatic carbocycles. The van der Waals surface area contributed by atoms with Gasteiger partial charge in [-0.25, -0.2) is 0 Å². The smallest absolute Gasteiger partial charge is 0.0787 e. The van der Waals surface area contributed by atoms with E-state index in [-0.39, 0.29) is 0 Å². The summed E-state index contributed by atoms with van der Waals surface area (Å²) in [5.41, 5.74) is 2.60. The third kappa shape index (κ3) is 1.17. The van der Waals surface area contributed by atoms with E-state index < -0.39 is 0 Å². The third-order valence-corrected chi connectivity index (χ3v) is 2.94. The Labute approximate surface area is 76.7 Å². The van der Waals surface area contributed by atoms with Gasteiger partial charge in [0.2, 0.25) is 0 Å². The number of ether oxygens (including phenoxy) is 1. The van der Waals surface area contributed by atoms with Gasteiger partial charge in [0.25, 0.3) is 0 Å². The van der Waals surface area contributed by atoms with Gasteiger partial charge < -0.3 is 10.1 Å². The molecule has 1 saturated heterocycles. The molecular formula is C9H13N3O. The molecule has 2 unspecified atom stereocenters. The fourth-order valence-corrected chi connectivity index (χ4v) is 2.24. The number of nitrogens with one attached hydrogen (secondary N) is 2. The lowest BCUT2D eigenvalue weighted by Crippen LogP contribution is -2.52. The first-order valence-corrected chi connectivity index (χ1v) is 4.79. The summed E-state index contributed by atoms with van der Waals surface area (Å²) in [6, 6.07) is 0.499. The highest BCUT2D eigenvalue weighted by atomic mass is 16.5. The SMILES string of the molecule is c1n[nH]c2c1CC1NCCOC1C2. The number of aromatic amines is 1. The summed E-state index contributed by atoms with van der Waals surface area (Å²) in [6.45, 7) is 1.82. The van der Waals surface area contributed by atoms with E-state index >= 15 is 0 Å². The van der Waals surface area contributed by atoms with Crippen molar-refractivity contribution in [2.75, 3.05) is 13.2 Å². The van der Waals surface area contributed by atoms with Crippen molar-refractivity contribution in [3.05, 3.63) is 17.5 Å². The number of aromatic nitrogens is 2. The monoisotopic (exact) mass is 179 g/mol. The van der Waals surface area contributed by atoms with Crippen LogP contribution in [0, 0.1) is 0 Å². The van der Waals surface area contributed by atoms with Crippen LogP contribution in [0.25, 0.3) is 0 Å². The van der Waals surface area contributed by atoms with Crippen LogP contribution in [0.15, 0.2) is 6.20 Å². The maximum absolute atomic E-state index is 5.70. The minimum Gasteiger partial charge on any atom is -0.375 e. The highest BCUT2D eigenvalue weighted by Crippen LogP contribution is 2.22. The molecule has 1 aromatic heterocycles. The molecule has 0 saturated carbocycles. The summed E-state index contributed by atoms with van der Waals surface area (Å²) in [5.74, 6) is 0. The second-order valence-corrected chi connectivity index (χ2v) is 3.75. The number of hydrogen-bond donors (Lipinski definition) is 2. The predicted octanol–water partition coefficient (Wildman–Crippen LogP) is -0.135. The minimum absolute atomic E-state index is 0.349. The lowest BCUT2D eigenvalue weighted by Gasteiger charge is -2.35. The van der Waals surface area contributed by atoms with Crippen LogP contribution in [0.2, 0.25) is 0 Å². The van der Waals surface area contributed by atoms with Gasteiger partial charge in [-0.3, -0.25) is 5.10 Å². The molecule has 1 aromatic rings. The number of nitrogens with zero attached hydrogens (tertiary/aromatic N) is 1. The molecule has 0 spiro atoms. The van der Waals surface area contributed by atoms with Gasteiger partial charge in [-0.1, -0.05) is 0 Å². The fourth-order valence-electron chi connectivity index (χ4n) is 2.24. The Morgan fingerprint density at radius 3 is 3.46 bits per heavy atom. The largest absolute Gasteiger partial charge is 0.375 e. The lowest BCUT2D eigenvalue weighted by molar-refractivity contribution is -0.00788. The zero-order valence-corrected chi connectivity index (χ0v) is 7.42. The van der Waals surface area contributed by atoms with Crippen molar-refractivity contribution in [3.8, 4) is 0 Å². The molecule has 0 bridgehead atoms. The van der Waals surface area contributed by atoms with Crippen molar-refractivity contribution in [2.24, 2.45) is 0 Å². The quantitative estimate of drug-likeness (QED) is 0.583. The molecule has 2 atom stereocenters. The van der Waals surface area contributed by atoms with Crippen molar-refractivity contribution in [1.29, 1.82) is 0 Å². The zero-order valence-electron chi connectivity index (χ0n) is 7.42. The van der Waals surface area contributed by atoms with Gasteiger partial charge in [0, 0.05) is 24.7 Å². The van der Waals surface area contributed by atoms with E-state index in [0.717, 1.165) is 26.0 Å². The van der Waals surface area contributed by atoms with Crippen LogP contribution in [0.1, 0.15) is 11.3 Å². The molecule has 3 rings (SSSR count). The summed E-state index contributed by atoms with van der Waals surface area (Å²) >= 11 is 0. The van der Waals surface area contributed by atoms with Crippen LogP contribution >= 0.6 is 0 Å². The van der Waals surface area contributed by atoms with Gasteiger partial charge in [-0.15, -0.1) is 0 Å². The molecule has 0 radical (unpaired) electrons. The molecule has 70 valence electrons. The second kappa shape index (κ2) is 2.82. The first kappa shape index (κ1) is 7.53. The Balaban J connectivity index is 1.89. The maximum atomic E-state index is 5.70. The van der Waals surface area contributed by atoms with Crippen molar-refractivity contribution in [3.63, 3.8) is 0 Å². The molecule has 1 aliphatic heterocycles. The number of hydrogen-bond acceptors (Lipinski definition) is 3. The minimum atomic E-state index is 0.349. The van der Waals surface area contributed by atoms with E-state index in [4.69, 9.17) is 4.74 Å². The van der Waals surface area contributed by atoms with E-state index in [9.17, 15) is 0 Å². The van der Waals surface area contributed by atoms with Gasteiger partial charge in [0.05, 0.1) is 18.9 Å². The molecule has 2 heterocycles. The Hall–Kier alpha value is -0.870. The third-order valence-electron chi connectivity index (χ3n) is 2.94. The molecule has 2 aliphatic rings. The Morgan fingerprint density at radius 1 is 1.46 bits per heavy atom. The molecular weight excluding hydrogens is 166 g/mol. The average molecular weight is 179 g/mol. The molecule has 2 N–H and O–H groups in total. The van der Waals surface area contributed by atoms with E-state index in [2.05, 4.69) is 15.5 Å². The normalized spacial score (nSPS) is 32.3. The van der Waals surface area contributed by atoms with Crippen LogP contribution in [-0.2, 0) is 17.6 Å². The van der Waals surface area contributed by atoms with Crippen LogP contribution in [0.5, 0.6) is 0 Å². The van der Waals surface area contributed by atoms with Crippen LogP contribution in [0.3, 0.4) is 0 Å². The van der Waals surface area contributed by atoms with Crippen LogP contribution in [0.4, 0.5) is 0 Å². The standard InChI is InChI=1S/C9H13N3O/c1-2-13-9-4-7-6(5-11-12-7)3-8(9)10-1/h5,8-10H,1-4H2,(H,11,12). The van der Waals surface area contributed by atoms with Gasteiger partial charge in [0.1, 0.15) is 0 Å². The fraction of sp³-hybridized carbons (Fsp3) is 0.667.